The van der Waals surface area contributed by atoms with Crippen molar-refractivity contribution in [3.63, 3.8) is 0 Å². The summed E-state index contributed by atoms with van der Waals surface area (Å²) < 4.78 is 0. The number of phenolic OH excluding ortho intramolecular Hbond substituents is 1. The summed E-state index contributed by atoms with van der Waals surface area (Å²) in [5.41, 5.74) is 8.83. The summed E-state index contributed by atoms with van der Waals surface area (Å²) >= 11 is 1.94. The third-order valence-corrected chi connectivity index (χ3v) is 11.0. The minimum Gasteiger partial charge on any atom is -0.508 e. The van der Waals surface area contributed by atoms with Crippen molar-refractivity contribution in [2.45, 2.75) is 70.4 Å². The lowest BCUT2D eigenvalue weighted by Gasteiger charge is -2.29. The molecule has 0 radical (unpaired) electrons. The molecule has 0 aliphatic heterocycles. The van der Waals surface area contributed by atoms with Crippen LogP contribution in [0, 0.1) is 0 Å². The molecule has 4 heteroatoms. The van der Waals surface area contributed by atoms with Crippen molar-refractivity contribution in [3.05, 3.63) is 47.5 Å². The van der Waals surface area contributed by atoms with Crippen molar-refractivity contribution in [2.24, 2.45) is 0 Å². The second kappa shape index (κ2) is 7.55. The third kappa shape index (κ3) is 5.32. The van der Waals surface area contributed by atoms with Gasteiger partial charge in [0, 0.05) is 16.1 Å². The SMILES string of the molecule is CC(C)(C)c1cc(SC[Si](C)(C)c2ccc(N)cc2)c(C(C)(C)C)cc1O. The molecule has 0 spiro atoms. The first-order chi connectivity index (χ1) is 12.2. The number of rotatable bonds is 4. The standard InChI is InChI=1S/C23H35NOSSi/c1-22(2,3)18-14-21(19(13-20(18)25)23(4,5)6)26-15-27(7,8)17-11-9-16(24)10-12-17/h9-14,25H,15,24H2,1-8H3. The fourth-order valence-corrected chi connectivity index (χ4v) is 7.67. The largest absolute Gasteiger partial charge is 0.508 e. The van der Waals surface area contributed by atoms with Crippen LogP contribution in [0.25, 0.3) is 0 Å². The Morgan fingerprint density at radius 2 is 1.41 bits per heavy atom. The maximum Gasteiger partial charge on any atom is 0.119 e. The van der Waals surface area contributed by atoms with Crippen molar-refractivity contribution < 1.29 is 5.11 Å². The van der Waals surface area contributed by atoms with Gasteiger partial charge in [-0.3, -0.25) is 0 Å². The zero-order chi connectivity index (χ0) is 20.6. The van der Waals surface area contributed by atoms with Crippen molar-refractivity contribution >= 4 is 30.7 Å². The molecule has 148 valence electrons. The minimum absolute atomic E-state index is 0.0108. The Hall–Kier alpha value is -1.39. The van der Waals surface area contributed by atoms with Gasteiger partial charge in [0.05, 0.1) is 8.07 Å². The molecule has 0 atom stereocenters. The highest BCUT2D eigenvalue weighted by atomic mass is 32.2. The van der Waals surface area contributed by atoms with E-state index in [2.05, 4.69) is 72.8 Å². The molecule has 0 heterocycles. The lowest BCUT2D eigenvalue weighted by molar-refractivity contribution is 0.441. The fourth-order valence-electron chi connectivity index (χ4n) is 3.15. The number of hydrogen-bond donors (Lipinski definition) is 2. The number of phenols is 1. The predicted molar refractivity (Wildman–Crippen MR) is 124 cm³/mol. The van der Waals surface area contributed by atoms with Crippen LogP contribution in [0.3, 0.4) is 0 Å². The van der Waals surface area contributed by atoms with Crippen molar-refractivity contribution in [1.82, 2.24) is 0 Å². The average molecular weight is 402 g/mol. The monoisotopic (exact) mass is 401 g/mol. The second-order valence-corrected chi connectivity index (χ2v) is 16.4. The van der Waals surface area contributed by atoms with Gasteiger partial charge in [-0.05, 0) is 46.0 Å². The Bertz CT molecular complexity index is 799. The maximum absolute atomic E-state index is 10.6. The summed E-state index contributed by atoms with van der Waals surface area (Å²) in [6.07, 6.45) is 0. The van der Waals surface area contributed by atoms with E-state index in [0.717, 1.165) is 16.6 Å². The molecule has 0 bridgehead atoms. The quantitative estimate of drug-likeness (QED) is 0.386. The van der Waals surface area contributed by atoms with E-state index in [-0.39, 0.29) is 10.8 Å². The molecule has 0 aliphatic rings. The van der Waals surface area contributed by atoms with Crippen molar-refractivity contribution in [2.75, 3.05) is 11.1 Å². The smallest absolute Gasteiger partial charge is 0.119 e. The van der Waals surface area contributed by atoms with Gasteiger partial charge < -0.3 is 10.8 Å². The van der Waals surface area contributed by atoms with Gasteiger partial charge in [-0.2, -0.15) is 0 Å². The van der Waals surface area contributed by atoms with Gasteiger partial charge in [-0.1, -0.05) is 72.0 Å². The van der Waals surface area contributed by atoms with Crippen LogP contribution in [0.15, 0.2) is 41.3 Å². The molecule has 0 fully saturated rings. The zero-order valence-electron chi connectivity index (χ0n) is 18.1. The van der Waals surface area contributed by atoms with Gasteiger partial charge in [0.1, 0.15) is 5.75 Å². The number of benzene rings is 2. The average Bonchev–Trinajstić information content (AvgIpc) is 2.52. The van der Waals surface area contributed by atoms with Crippen LogP contribution in [-0.4, -0.2) is 18.6 Å². The highest BCUT2D eigenvalue weighted by Crippen LogP contribution is 2.41. The van der Waals surface area contributed by atoms with Crippen LogP contribution in [0.2, 0.25) is 13.1 Å². The summed E-state index contributed by atoms with van der Waals surface area (Å²) in [6.45, 7) is 17.9. The molecule has 0 unspecified atom stereocenters. The summed E-state index contributed by atoms with van der Waals surface area (Å²) in [4.78, 5) is 1.29. The first kappa shape index (κ1) is 21.9. The number of hydrogen-bond acceptors (Lipinski definition) is 3. The normalized spacial score (nSPS) is 13.0. The van der Waals surface area contributed by atoms with Gasteiger partial charge in [0.15, 0.2) is 0 Å². The molecule has 0 saturated heterocycles. The van der Waals surface area contributed by atoms with Crippen LogP contribution in [-0.2, 0) is 10.8 Å². The van der Waals surface area contributed by atoms with Crippen LogP contribution in [0.4, 0.5) is 5.69 Å². The van der Waals surface area contributed by atoms with Crippen molar-refractivity contribution in [3.8, 4) is 5.75 Å². The molecule has 2 rings (SSSR count). The molecule has 2 aromatic rings. The molecular weight excluding hydrogens is 366 g/mol. The highest BCUT2D eigenvalue weighted by molar-refractivity contribution is 8.01. The maximum atomic E-state index is 10.6. The lowest BCUT2D eigenvalue weighted by atomic mass is 9.81. The van der Waals surface area contributed by atoms with E-state index in [0.29, 0.717) is 5.75 Å². The van der Waals surface area contributed by atoms with Crippen LogP contribution in [0.5, 0.6) is 5.75 Å². The molecule has 2 nitrogen and oxygen atoms in total. The topological polar surface area (TPSA) is 46.2 Å². The van der Waals surface area contributed by atoms with Gasteiger partial charge in [-0.15, -0.1) is 11.8 Å². The summed E-state index contributed by atoms with van der Waals surface area (Å²) in [6, 6.07) is 12.6. The van der Waals surface area contributed by atoms with Gasteiger partial charge in [0.25, 0.3) is 0 Å². The van der Waals surface area contributed by atoms with Crippen LogP contribution in [0.1, 0.15) is 52.7 Å². The molecule has 2 aromatic carbocycles. The Morgan fingerprint density at radius 3 is 1.89 bits per heavy atom. The fraction of sp³-hybridized carbons (Fsp3) is 0.478. The van der Waals surface area contributed by atoms with Gasteiger partial charge in [0.2, 0.25) is 0 Å². The molecule has 0 saturated carbocycles. The minimum atomic E-state index is -1.60. The molecule has 0 aromatic heterocycles. The Morgan fingerprint density at radius 1 is 0.889 bits per heavy atom. The van der Waals surface area contributed by atoms with E-state index < -0.39 is 8.07 Å². The number of nitrogen functional groups attached to an aromatic ring is 1. The number of nitrogens with two attached hydrogens (primary N) is 1. The lowest BCUT2D eigenvalue weighted by Crippen LogP contribution is -2.44. The zero-order valence-corrected chi connectivity index (χ0v) is 19.9. The number of thioether (sulfide) groups is 1. The van der Waals surface area contributed by atoms with Gasteiger partial charge >= 0.3 is 0 Å². The summed E-state index contributed by atoms with van der Waals surface area (Å²) in [7, 11) is -1.60. The third-order valence-electron chi connectivity index (χ3n) is 4.99. The predicted octanol–water partition coefficient (Wildman–Crippen LogP) is 5.82. The van der Waals surface area contributed by atoms with Crippen LogP contribution >= 0.6 is 11.8 Å². The molecule has 0 aliphatic carbocycles. The van der Waals surface area contributed by atoms with Gasteiger partial charge in [-0.25, -0.2) is 0 Å². The summed E-state index contributed by atoms with van der Waals surface area (Å²) in [5.74, 6) is 0.409. The highest BCUT2D eigenvalue weighted by Gasteiger charge is 2.28. The Balaban J connectivity index is 2.40. The first-order valence-electron chi connectivity index (χ1n) is 9.58. The number of anilines is 1. The van der Waals surface area contributed by atoms with E-state index in [1.54, 1.807) is 0 Å². The number of aromatic hydroxyl groups is 1. The van der Waals surface area contributed by atoms with E-state index in [1.807, 2.05) is 30.0 Å². The molecule has 27 heavy (non-hydrogen) atoms. The first-order valence-corrected chi connectivity index (χ1v) is 13.8. The Labute approximate surface area is 170 Å². The second-order valence-electron chi connectivity index (χ2n) is 10.2. The summed E-state index contributed by atoms with van der Waals surface area (Å²) in [5, 5.41) is 13.2. The molecular formula is C23H35NOSSi. The van der Waals surface area contributed by atoms with Crippen LogP contribution < -0.4 is 10.9 Å². The van der Waals surface area contributed by atoms with E-state index in [1.165, 1.54) is 15.6 Å². The van der Waals surface area contributed by atoms with E-state index in [9.17, 15) is 5.11 Å². The van der Waals surface area contributed by atoms with Crippen molar-refractivity contribution in [1.29, 1.82) is 0 Å². The Kier molecular flexibility index (Phi) is 6.13. The molecule has 3 N–H and O–H groups in total. The van der Waals surface area contributed by atoms with E-state index in [4.69, 9.17) is 5.73 Å². The van der Waals surface area contributed by atoms with E-state index >= 15 is 0 Å². The molecule has 0 amide bonds.